The van der Waals surface area contributed by atoms with Gasteiger partial charge in [-0.15, -0.1) is 0 Å². The molecule has 8 heteroatoms. The van der Waals surface area contributed by atoms with E-state index in [2.05, 4.69) is 111 Å². The highest BCUT2D eigenvalue weighted by molar-refractivity contribution is 6.76. The van der Waals surface area contributed by atoms with Crippen LogP contribution < -0.4 is 9.47 Å². The third kappa shape index (κ3) is 10.9. The molecule has 0 spiro atoms. The molecule has 0 saturated carbocycles. The van der Waals surface area contributed by atoms with Crippen LogP contribution in [0.25, 0.3) is 10.8 Å². The van der Waals surface area contributed by atoms with E-state index in [1.54, 1.807) is 6.20 Å². The van der Waals surface area contributed by atoms with Gasteiger partial charge in [0.15, 0.2) is 6.79 Å². The summed E-state index contributed by atoms with van der Waals surface area (Å²) in [7, 11) is -1.15. The summed E-state index contributed by atoms with van der Waals surface area (Å²) in [4.78, 5) is 6.68. The number of likely N-dealkylation sites (tertiary alicyclic amines) is 1. The number of rotatable bonds is 16. The van der Waals surface area contributed by atoms with E-state index in [1.165, 1.54) is 5.56 Å². The van der Waals surface area contributed by atoms with Crippen LogP contribution in [-0.2, 0) is 27.4 Å². The summed E-state index contributed by atoms with van der Waals surface area (Å²) in [6, 6.07) is 26.3. The highest BCUT2D eigenvalue weighted by Crippen LogP contribution is 2.35. The van der Waals surface area contributed by atoms with Crippen LogP contribution in [0, 0.1) is 0 Å². The lowest BCUT2D eigenvalue weighted by Crippen LogP contribution is -2.52. The Bertz CT molecular complexity index is 1550. The zero-order valence-corrected chi connectivity index (χ0v) is 30.7. The zero-order chi connectivity index (χ0) is 34.0. The fourth-order valence-corrected chi connectivity index (χ4v) is 6.82. The molecule has 1 fully saturated rings. The zero-order valence-electron chi connectivity index (χ0n) is 29.7. The van der Waals surface area contributed by atoms with Gasteiger partial charge in [-0.2, -0.15) is 0 Å². The molecule has 2 heterocycles. The molecule has 7 nitrogen and oxygen atoms in total. The topological polar surface area (TPSA) is 62.3 Å². The molecular formula is C40H54N2O5Si. The molecule has 1 aliphatic rings. The average Bonchev–Trinajstić information content (AvgIpc) is 3.07. The van der Waals surface area contributed by atoms with E-state index in [0.29, 0.717) is 26.4 Å². The summed E-state index contributed by atoms with van der Waals surface area (Å²) < 4.78 is 30.6. The van der Waals surface area contributed by atoms with E-state index in [-0.39, 0.29) is 24.4 Å². The Labute approximate surface area is 288 Å². The smallest absolute Gasteiger partial charge is 0.189 e. The SMILES string of the molecule is CC(C)(C)N1CCC(c2ccc(OCCOCc3cccnc3)cc2)C(OCc2cc(OCOCC[Si](C)(C)C)c3ccccc3c2)C1. The quantitative estimate of drug-likeness (QED) is 0.0672. The molecule has 0 N–H and O–H groups in total. The Balaban J connectivity index is 1.21. The molecule has 1 aliphatic heterocycles. The monoisotopic (exact) mass is 670 g/mol. The molecule has 3 aromatic carbocycles. The van der Waals surface area contributed by atoms with Crippen LogP contribution in [0.4, 0.5) is 0 Å². The van der Waals surface area contributed by atoms with Gasteiger partial charge in [-0.05, 0) is 92.2 Å². The first-order valence-electron chi connectivity index (χ1n) is 17.3. The molecule has 0 amide bonds. The molecule has 0 aliphatic carbocycles. The fraction of sp³-hybridized carbons (Fsp3) is 0.475. The van der Waals surface area contributed by atoms with Gasteiger partial charge in [0.05, 0.1) is 25.9 Å². The van der Waals surface area contributed by atoms with Gasteiger partial charge in [-0.25, -0.2) is 0 Å². The number of nitrogens with zero attached hydrogens (tertiary/aromatic N) is 2. The molecule has 2 atom stereocenters. The molecule has 2 unspecified atom stereocenters. The summed E-state index contributed by atoms with van der Waals surface area (Å²) in [6.07, 6.45) is 4.67. The van der Waals surface area contributed by atoms with Gasteiger partial charge in [-0.3, -0.25) is 9.88 Å². The minimum absolute atomic E-state index is 0.0476. The van der Waals surface area contributed by atoms with E-state index in [9.17, 15) is 0 Å². The Morgan fingerprint density at radius 3 is 2.40 bits per heavy atom. The Morgan fingerprint density at radius 1 is 0.833 bits per heavy atom. The van der Waals surface area contributed by atoms with Gasteiger partial charge in [0, 0.05) is 50.5 Å². The molecule has 5 rings (SSSR count). The molecule has 258 valence electrons. The normalized spacial score (nSPS) is 17.5. The van der Waals surface area contributed by atoms with Crippen molar-refractivity contribution in [2.24, 2.45) is 0 Å². The Morgan fingerprint density at radius 2 is 1.65 bits per heavy atom. The lowest BCUT2D eigenvalue weighted by molar-refractivity contribution is -0.0467. The minimum atomic E-state index is -1.15. The first-order valence-corrected chi connectivity index (χ1v) is 21.0. The van der Waals surface area contributed by atoms with Gasteiger partial charge >= 0.3 is 0 Å². The summed E-state index contributed by atoms with van der Waals surface area (Å²) >= 11 is 0. The van der Waals surface area contributed by atoms with Crippen LogP contribution in [-0.4, -0.2) is 69.3 Å². The number of hydrogen-bond acceptors (Lipinski definition) is 7. The maximum absolute atomic E-state index is 6.83. The number of benzene rings is 3. The number of fused-ring (bicyclic) bond motifs is 1. The molecule has 48 heavy (non-hydrogen) atoms. The summed E-state index contributed by atoms with van der Waals surface area (Å²) in [5.41, 5.74) is 3.52. The third-order valence-corrected chi connectivity index (χ3v) is 10.6. The second kappa shape index (κ2) is 16.9. The van der Waals surface area contributed by atoms with E-state index in [0.717, 1.165) is 65.6 Å². The highest BCUT2D eigenvalue weighted by Gasteiger charge is 2.35. The van der Waals surface area contributed by atoms with Crippen LogP contribution in [0.1, 0.15) is 49.8 Å². The van der Waals surface area contributed by atoms with Crippen molar-refractivity contribution in [3.8, 4) is 11.5 Å². The third-order valence-electron chi connectivity index (χ3n) is 8.95. The van der Waals surface area contributed by atoms with Crippen molar-refractivity contribution in [1.29, 1.82) is 0 Å². The molecular weight excluding hydrogens is 617 g/mol. The van der Waals surface area contributed by atoms with Gasteiger partial charge < -0.3 is 23.7 Å². The summed E-state index contributed by atoms with van der Waals surface area (Å²) in [5.74, 6) is 1.98. The minimum Gasteiger partial charge on any atom is -0.491 e. The summed E-state index contributed by atoms with van der Waals surface area (Å²) in [6.45, 7) is 18.9. The van der Waals surface area contributed by atoms with Crippen molar-refractivity contribution in [3.05, 3.63) is 102 Å². The van der Waals surface area contributed by atoms with E-state index in [1.807, 2.05) is 18.3 Å². The second-order valence-electron chi connectivity index (χ2n) is 15.0. The van der Waals surface area contributed by atoms with Gasteiger partial charge in [0.1, 0.15) is 18.1 Å². The average molecular weight is 671 g/mol. The first-order chi connectivity index (χ1) is 23.0. The maximum atomic E-state index is 6.83. The number of ether oxygens (including phenoxy) is 5. The van der Waals surface area contributed by atoms with Crippen molar-refractivity contribution in [2.75, 3.05) is 39.7 Å². The molecule has 1 aromatic heterocycles. The van der Waals surface area contributed by atoms with Gasteiger partial charge in [-0.1, -0.05) is 62.1 Å². The maximum Gasteiger partial charge on any atom is 0.189 e. The fourth-order valence-electron chi connectivity index (χ4n) is 6.06. The lowest BCUT2D eigenvalue weighted by Gasteiger charge is -2.45. The molecule has 4 aromatic rings. The highest BCUT2D eigenvalue weighted by atomic mass is 28.3. The Kier molecular flexibility index (Phi) is 12.7. The van der Waals surface area contributed by atoms with Crippen molar-refractivity contribution in [2.45, 2.75) is 83.7 Å². The predicted molar refractivity (Wildman–Crippen MR) is 197 cm³/mol. The van der Waals surface area contributed by atoms with Gasteiger partial charge in [0.2, 0.25) is 0 Å². The number of pyridine rings is 1. The van der Waals surface area contributed by atoms with Crippen molar-refractivity contribution in [1.82, 2.24) is 9.88 Å². The van der Waals surface area contributed by atoms with E-state index < -0.39 is 8.07 Å². The number of hydrogen-bond donors (Lipinski definition) is 0. The van der Waals surface area contributed by atoms with Crippen molar-refractivity contribution < 1.29 is 23.7 Å². The standard InChI is InChI=1S/C40H54N2O5Si/c1-40(2,3)42-19-17-37(33-13-15-35(16-14-33)45-21-20-43-28-31-10-9-18-41-26-31)39(27-42)46-29-32-24-34-11-7-8-12-36(34)38(25-32)47-30-44-22-23-48(4,5)6/h7-16,18,24-26,37,39H,17,19-23,27-30H2,1-6H3. The van der Waals surface area contributed by atoms with Crippen LogP contribution >= 0.6 is 0 Å². The predicted octanol–water partition coefficient (Wildman–Crippen LogP) is 8.69. The second-order valence-corrected chi connectivity index (χ2v) is 20.6. The largest absolute Gasteiger partial charge is 0.491 e. The van der Waals surface area contributed by atoms with Crippen LogP contribution in [0.3, 0.4) is 0 Å². The van der Waals surface area contributed by atoms with Crippen LogP contribution in [0.5, 0.6) is 11.5 Å². The Hall–Kier alpha value is -3.27. The summed E-state index contributed by atoms with van der Waals surface area (Å²) in [5, 5.41) is 2.23. The first kappa shape index (κ1) is 36.0. The lowest BCUT2D eigenvalue weighted by atomic mass is 9.85. The van der Waals surface area contributed by atoms with Crippen molar-refractivity contribution in [3.63, 3.8) is 0 Å². The van der Waals surface area contributed by atoms with E-state index in [4.69, 9.17) is 23.7 Å². The van der Waals surface area contributed by atoms with Crippen LogP contribution in [0.2, 0.25) is 25.7 Å². The number of aromatic nitrogens is 1. The van der Waals surface area contributed by atoms with Gasteiger partial charge in [0.25, 0.3) is 0 Å². The molecule has 1 saturated heterocycles. The molecule has 0 radical (unpaired) electrons. The van der Waals surface area contributed by atoms with Crippen molar-refractivity contribution >= 4 is 18.8 Å². The number of piperidine rings is 1. The van der Waals surface area contributed by atoms with Crippen LogP contribution in [0.15, 0.2) is 85.2 Å². The van der Waals surface area contributed by atoms with E-state index >= 15 is 0 Å². The molecule has 0 bridgehead atoms.